The highest BCUT2D eigenvalue weighted by Crippen LogP contribution is 2.30. The van der Waals surface area contributed by atoms with Gasteiger partial charge in [-0.2, -0.15) is 5.26 Å². The molecule has 0 bridgehead atoms. The number of nitrogens with zero attached hydrogens (tertiary/aromatic N) is 4. The molecule has 1 heterocycles. The molecule has 1 aliphatic rings. The maximum Gasteiger partial charge on any atom is 0.231 e. The molecule has 0 unspecified atom stereocenters. The van der Waals surface area contributed by atoms with Gasteiger partial charge in [-0.3, -0.25) is 9.36 Å². The number of nitriles is 1. The molecule has 6 nitrogen and oxygen atoms in total. The van der Waals surface area contributed by atoms with E-state index < -0.39 is 5.54 Å². The van der Waals surface area contributed by atoms with Crippen molar-refractivity contribution in [2.45, 2.75) is 69.1 Å². The first-order chi connectivity index (χ1) is 14.3. The summed E-state index contributed by atoms with van der Waals surface area (Å²) in [6.45, 7) is 10.9. The zero-order valence-electron chi connectivity index (χ0n) is 17.9. The normalized spacial score (nSPS) is 15.5. The molecule has 2 aromatic rings. The van der Waals surface area contributed by atoms with Crippen LogP contribution in [0.3, 0.4) is 0 Å². The van der Waals surface area contributed by atoms with Crippen molar-refractivity contribution < 1.29 is 4.79 Å². The van der Waals surface area contributed by atoms with Gasteiger partial charge in [-0.15, -0.1) is 16.8 Å². The average Bonchev–Trinajstić information content (AvgIpc) is 3.34. The Morgan fingerprint density at radius 3 is 2.53 bits per heavy atom. The number of carbonyl (C=O) groups excluding carboxylic acids is 1. The molecular weight excluding hydrogens is 394 g/mol. The van der Waals surface area contributed by atoms with Crippen LogP contribution in [0.4, 0.5) is 0 Å². The van der Waals surface area contributed by atoms with E-state index in [1.54, 1.807) is 6.08 Å². The summed E-state index contributed by atoms with van der Waals surface area (Å²) in [6, 6.07) is 10.6. The smallest absolute Gasteiger partial charge is 0.231 e. The second-order valence-electron chi connectivity index (χ2n) is 8.77. The molecule has 1 amide bonds. The molecule has 0 atom stereocenters. The first-order valence-electron chi connectivity index (χ1n) is 10.3. The van der Waals surface area contributed by atoms with Crippen LogP contribution in [0.1, 0.15) is 52.0 Å². The van der Waals surface area contributed by atoms with Gasteiger partial charge in [0.05, 0.1) is 11.8 Å². The summed E-state index contributed by atoms with van der Waals surface area (Å²) >= 11 is 1.33. The number of rotatable bonds is 7. The zero-order valence-corrected chi connectivity index (χ0v) is 18.8. The third-order valence-corrected chi connectivity index (χ3v) is 6.39. The van der Waals surface area contributed by atoms with Crippen molar-refractivity contribution in [2.24, 2.45) is 0 Å². The number of hydrogen-bond acceptors (Lipinski definition) is 5. The molecule has 1 fully saturated rings. The third kappa shape index (κ3) is 4.93. The third-order valence-electron chi connectivity index (χ3n) is 5.42. The Balaban J connectivity index is 1.73. The van der Waals surface area contributed by atoms with Gasteiger partial charge >= 0.3 is 0 Å². The molecule has 1 N–H and O–H groups in total. The standard InChI is InChI=1S/C23H29N5OS/c1-5-14-28-20(17-8-10-18(11-9-17)22(2,3)4)26-27-21(28)30-15-19(29)25-23(16-24)12-6-7-13-23/h5,8-11H,1,6-7,12-15H2,2-4H3,(H,25,29). The lowest BCUT2D eigenvalue weighted by molar-refractivity contribution is -0.119. The van der Waals surface area contributed by atoms with E-state index in [9.17, 15) is 10.1 Å². The average molecular weight is 424 g/mol. The van der Waals surface area contributed by atoms with Gasteiger partial charge in [-0.05, 0) is 36.7 Å². The minimum atomic E-state index is -0.702. The minimum absolute atomic E-state index is 0.0851. The van der Waals surface area contributed by atoms with Gasteiger partial charge in [0.1, 0.15) is 5.54 Å². The molecule has 30 heavy (non-hydrogen) atoms. The Morgan fingerprint density at radius 2 is 1.97 bits per heavy atom. The summed E-state index contributed by atoms with van der Waals surface area (Å²) in [5.74, 6) is 0.803. The monoisotopic (exact) mass is 423 g/mol. The maximum absolute atomic E-state index is 12.5. The highest BCUT2D eigenvalue weighted by Gasteiger charge is 2.35. The molecule has 1 aromatic carbocycles. The van der Waals surface area contributed by atoms with E-state index in [4.69, 9.17) is 0 Å². The highest BCUT2D eigenvalue weighted by atomic mass is 32.2. The minimum Gasteiger partial charge on any atom is -0.337 e. The molecule has 0 aliphatic heterocycles. The summed E-state index contributed by atoms with van der Waals surface area (Å²) < 4.78 is 1.96. The molecule has 7 heteroatoms. The maximum atomic E-state index is 12.5. The van der Waals surface area contributed by atoms with Crippen LogP contribution in [0.5, 0.6) is 0 Å². The van der Waals surface area contributed by atoms with Crippen molar-refractivity contribution in [3.63, 3.8) is 0 Å². The summed E-state index contributed by atoms with van der Waals surface area (Å²) in [5, 5.41) is 21.7. The molecular formula is C23H29N5OS. The molecule has 1 saturated carbocycles. The van der Waals surface area contributed by atoms with Crippen LogP contribution in [0, 0.1) is 11.3 Å². The predicted octanol–water partition coefficient (Wildman–Crippen LogP) is 4.47. The zero-order chi connectivity index (χ0) is 21.8. The molecule has 0 saturated heterocycles. The van der Waals surface area contributed by atoms with E-state index in [2.05, 4.69) is 73.2 Å². The van der Waals surface area contributed by atoms with Crippen molar-refractivity contribution in [3.8, 4) is 17.5 Å². The molecule has 3 rings (SSSR count). The fraction of sp³-hybridized carbons (Fsp3) is 0.478. The van der Waals surface area contributed by atoms with E-state index in [0.717, 1.165) is 37.1 Å². The van der Waals surface area contributed by atoms with Crippen molar-refractivity contribution in [3.05, 3.63) is 42.5 Å². The lowest BCUT2D eigenvalue weighted by Crippen LogP contribution is -2.45. The van der Waals surface area contributed by atoms with Gasteiger partial charge < -0.3 is 5.32 Å². The lowest BCUT2D eigenvalue weighted by Gasteiger charge is -2.21. The van der Waals surface area contributed by atoms with Crippen molar-refractivity contribution >= 4 is 17.7 Å². The SMILES string of the molecule is C=CCn1c(SCC(=O)NC2(C#N)CCCC2)nnc1-c1ccc(C(C)(C)C)cc1. The molecule has 1 aromatic heterocycles. The van der Waals surface area contributed by atoms with Gasteiger partial charge in [0.25, 0.3) is 0 Å². The number of carbonyl (C=O) groups is 1. The second kappa shape index (κ2) is 9.05. The number of allylic oxidation sites excluding steroid dienone is 1. The fourth-order valence-electron chi connectivity index (χ4n) is 3.70. The van der Waals surface area contributed by atoms with Gasteiger partial charge in [0.2, 0.25) is 5.91 Å². The number of benzene rings is 1. The Morgan fingerprint density at radius 1 is 1.30 bits per heavy atom. The van der Waals surface area contributed by atoms with Crippen molar-refractivity contribution in [1.29, 1.82) is 5.26 Å². The number of nitrogens with one attached hydrogen (secondary N) is 1. The van der Waals surface area contributed by atoms with Crippen LogP contribution >= 0.6 is 11.8 Å². The molecule has 0 radical (unpaired) electrons. The lowest BCUT2D eigenvalue weighted by atomic mass is 9.87. The number of aromatic nitrogens is 3. The van der Waals surface area contributed by atoms with E-state index >= 15 is 0 Å². The van der Waals surface area contributed by atoms with Crippen LogP contribution in [0.25, 0.3) is 11.4 Å². The molecule has 158 valence electrons. The van der Waals surface area contributed by atoms with E-state index in [-0.39, 0.29) is 17.1 Å². The summed E-state index contributed by atoms with van der Waals surface area (Å²) in [6.07, 6.45) is 5.20. The highest BCUT2D eigenvalue weighted by molar-refractivity contribution is 7.99. The fourth-order valence-corrected chi connectivity index (χ4v) is 4.45. The number of amides is 1. The summed E-state index contributed by atoms with van der Waals surface area (Å²) in [5.41, 5.74) is 1.61. The van der Waals surface area contributed by atoms with E-state index in [1.807, 2.05) is 4.57 Å². The van der Waals surface area contributed by atoms with E-state index in [0.29, 0.717) is 11.7 Å². The second-order valence-corrected chi connectivity index (χ2v) is 9.71. The van der Waals surface area contributed by atoms with Crippen LogP contribution in [-0.2, 0) is 16.8 Å². The van der Waals surface area contributed by atoms with E-state index in [1.165, 1.54) is 17.3 Å². The topological polar surface area (TPSA) is 83.6 Å². The van der Waals surface area contributed by atoms with Crippen molar-refractivity contribution in [1.82, 2.24) is 20.1 Å². The van der Waals surface area contributed by atoms with Gasteiger partial charge in [-0.25, -0.2) is 0 Å². The van der Waals surface area contributed by atoms with Crippen LogP contribution in [0.2, 0.25) is 0 Å². The van der Waals surface area contributed by atoms with Crippen molar-refractivity contribution in [2.75, 3.05) is 5.75 Å². The number of hydrogen-bond donors (Lipinski definition) is 1. The Hall–Kier alpha value is -2.59. The van der Waals surface area contributed by atoms with Crippen LogP contribution in [-0.4, -0.2) is 32.0 Å². The molecule has 0 spiro atoms. The van der Waals surface area contributed by atoms with Gasteiger partial charge in [-0.1, -0.05) is 62.9 Å². The van der Waals surface area contributed by atoms with Gasteiger partial charge in [0.15, 0.2) is 11.0 Å². The largest absolute Gasteiger partial charge is 0.337 e. The quantitative estimate of drug-likeness (QED) is 0.525. The Labute approximate surface area is 182 Å². The Bertz CT molecular complexity index is 943. The van der Waals surface area contributed by atoms with Crippen LogP contribution < -0.4 is 5.32 Å². The van der Waals surface area contributed by atoms with Crippen LogP contribution in [0.15, 0.2) is 42.1 Å². The first-order valence-corrected chi connectivity index (χ1v) is 11.3. The Kier molecular flexibility index (Phi) is 6.67. The summed E-state index contributed by atoms with van der Waals surface area (Å²) in [4.78, 5) is 12.5. The van der Waals surface area contributed by atoms with Gasteiger partial charge in [0, 0.05) is 12.1 Å². The molecule has 1 aliphatic carbocycles. The number of thioether (sulfide) groups is 1. The first kappa shape index (κ1) is 22.1. The predicted molar refractivity (Wildman–Crippen MR) is 120 cm³/mol. The summed E-state index contributed by atoms with van der Waals surface area (Å²) in [7, 11) is 0.